The van der Waals surface area contributed by atoms with Crippen LogP contribution in [0, 0.1) is 13.8 Å². The van der Waals surface area contributed by atoms with Crippen molar-refractivity contribution in [2.75, 3.05) is 10.0 Å². The van der Waals surface area contributed by atoms with Crippen molar-refractivity contribution < 1.29 is 17.9 Å². The summed E-state index contributed by atoms with van der Waals surface area (Å²) in [5.41, 5.74) is 2.92. The van der Waals surface area contributed by atoms with Crippen molar-refractivity contribution in [1.29, 1.82) is 0 Å². The number of amides is 1. The van der Waals surface area contributed by atoms with E-state index in [0.29, 0.717) is 23.5 Å². The zero-order valence-corrected chi connectivity index (χ0v) is 20.7. The Labute approximate surface area is 206 Å². The van der Waals surface area contributed by atoms with Gasteiger partial charge in [0.05, 0.1) is 10.6 Å². The first-order valence-electron chi connectivity index (χ1n) is 11.4. The summed E-state index contributed by atoms with van der Waals surface area (Å²) in [6, 6.07) is 25.2. The summed E-state index contributed by atoms with van der Waals surface area (Å²) in [6.07, 6.45) is -0.212. The Hall–Kier alpha value is -3.84. The average Bonchev–Trinajstić information content (AvgIpc) is 2.84. The molecule has 4 aromatic rings. The summed E-state index contributed by atoms with van der Waals surface area (Å²) in [5.74, 6) is 0.314. The molecule has 0 saturated heterocycles. The van der Waals surface area contributed by atoms with Gasteiger partial charge in [-0.1, -0.05) is 55.0 Å². The number of hydrogen-bond acceptors (Lipinski definition) is 4. The second-order valence-corrected chi connectivity index (χ2v) is 10.1. The van der Waals surface area contributed by atoms with E-state index >= 15 is 0 Å². The third-order valence-corrected chi connectivity index (χ3v) is 7.10. The highest BCUT2D eigenvalue weighted by Gasteiger charge is 2.20. The number of rotatable bonds is 8. The molecule has 0 fully saturated rings. The summed E-state index contributed by atoms with van der Waals surface area (Å²) in [7, 11) is -3.76. The quantitative estimate of drug-likeness (QED) is 0.316. The number of ether oxygens (including phenoxy) is 1. The lowest BCUT2D eigenvalue weighted by atomic mass is 10.1. The van der Waals surface area contributed by atoms with Gasteiger partial charge in [0.25, 0.3) is 15.9 Å². The van der Waals surface area contributed by atoms with Crippen LogP contribution in [-0.2, 0) is 14.8 Å². The Morgan fingerprint density at radius 3 is 2.29 bits per heavy atom. The number of carbonyl (C=O) groups is 1. The van der Waals surface area contributed by atoms with Gasteiger partial charge >= 0.3 is 0 Å². The molecule has 4 rings (SSSR count). The van der Waals surface area contributed by atoms with Crippen LogP contribution >= 0.6 is 0 Å². The van der Waals surface area contributed by atoms with Crippen molar-refractivity contribution in [3.05, 3.63) is 96.1 Å². The molecule has 0 heterocycles. The molecule has 35 heavy (non-hydrogen) atoms. The maximum absolute atomic E-state index is 12.8. The summed E-state index contributed by atoms with van der Waals surface area (Å²) in [5, 5.41) is 4.95. The van der Waals surface area contributed by atoms with E-state index in [1.807, 2.05) is 75.4 Å². The third kappa shape index (κ3) is 5.81. The topological polar surface area (TPSA) is 84.5 Å². The molecule has 0 radical (unpaired) electrons. The smallest absolute Gasteiger partial charge is 0.265 e. The number of fused-ring (bicyclic) bond motifs is 1. The molecule has 0 spiro atoms. The van der Waals surface area contributed by atoms with E-state index in [0.717, 1.165) is 21.9 Å². The predicted octanol–water partition coefficient (Wildman–Crippen LogP) is 6.05. The number of benzene rings is 4. The molecule has 6 nitrogen and oxygen atoms in total. The first kappa shape index (κ1) is 24.3. The molecule has 1 amide bonds. The fourth-order valence-corrected chi connectivity index (χ4v) is 4.93. The number of sulfonamides is 1. The van der Waals surface area contributed by atoms with Crippen LogP contribution in [0.4, 0.5) is 11.4 Å². The fraction of sp³-hybridized carbons (Fsp3) is 0.179. The van der Waals surface area contributed by atoms with E-state index in [1.54, 1.807) is 18.2 Å². The Morgan fingerprint density at radius 1 is 0.886 bits per heavy atom. The van der Waals surface area contributed by atoms with Gasteiger partial charge in [0, 0.05) is 5.69 Å². The minimum absolute atomic E-state index is 0.106. The molecule has 2 N–H and O–H groups in total. The molecule has 7 heteroatoms. The van der Waals surface area contributed by atoms with Crippen molar-refractivity contribution in [3.8, 4) is 5.75 Å². The minimum Gasteiger partial charge on any atom is -0.481 e. The second-order valence-electron chi connectivity index (χ2n) is 8.46. The molecule has 180 valence electrons. The standard InChI is InChI=1S/C28H28N2O4S/c1-4-27(34-24-13-10-21-7-5-6-8-22(21)18-24)28(31)29-23-11-14-25(15-12-23)35(32,33)30-26-16-9-19(2)17-20(26)3/h5-18,27,30H,4H2,1-3H3,(H,29,31)/t27-/m1/s1. The van der Waals surface area contributed by atoms with Crippen LogP contribution in [-0.4, -0.2) is 20.4 Å². The SMILES string of the molecule is CC[C@@H](Oc1ccc2ccccc2c1)C(=O)Nc1ccc(S(=O)(=O)Nc2ccc(C)cc2C)cc1. The van der Waals surface area contributed by atoms with Gasteiger partial charge in [-0.05, 0) is 79.1 Å². The molecule has 0 saturated carbocycles. The molecular formula is C28H28N2O4S. The van der Waals surface area contributed by atoms with Gasteiger partial charge in [-0.2, -0.15) is 0 Å². The van der Waals surface area contributed by atoms with Gasteiger partial charge in [0.15, 0.2) is 6.10 Å². The van der Waals surface area contributed by atoms with E-state index in [-0.39, 0.29) is 10.8 Å². The lowest BCUT2D eigenvalue weighted by Gasteiger charge is -2.18. The highest BCUT2D eigenvalue weighted by atomic mass is 32.2. The largest absolute Gasteiger partial charge is 0.481 e. The monoisotopic (exact) mass is 488 g/mol. The molecule has 0 aliphatic carbocycles. The van der Waals surface area contributed by atoms with E-state index in [4.69, 9.17) is 4.74 Å². The van der Waals surface area contributed by atoms with Gasteiger partial charge in [-0.15, -0.1) is 0 Å². The maximum Gasteiger partial charge on any atom is 0.265 e. The van der Waals surface area contributed by atoms with Crippen molar-refractivity contribution in [2.45, 2.75) is 38.2 Å². The molecule has 0 unspecified atom stereocenters. The van der Waals surface area contributed by atoms with Crippen LogP contribution in [0.25, 0.3) is 10.8 Å². The Kier molecular flexibility index (Phi) is 7.07. The van der Waals surface area contributed by atoms with Gasteiger partial charge in [-0.3, -0.25) is 9.52 Å². The van der Waals surface area contributed by atoms with Crippen molar-refractivity contribution in [2.24, 2.45) is 0 Å². The molecule has 1 atom stereocenters. The first-order chi connectivity index (χ1) is 16.7. The number of carbonyl (C=O) groups excluding carboxylic acids is 1. The Balaban J connectivity index is 1.43. The summed E-state index contributed by atoms with van der Waals surface area (Å²) >= 11 is 0. The van der Waals surface area contributed by atoms with Gasteiger partial charge < -0.3 is 10.1 Å². The van der Waals surface area contributed by atoms with Gasteiger partial charge in [-0.25, -0.2) is 8.42 Å². The molecule has 0 aromatic heterocycles. The van der Waals surface area contributed by atoms with Crippen LogP contribution in [0.1, 0.15) is 24.5 Å². The lowest BCUT2D eigenvalue weighted by molar-refractivity contribution is -0.122. The van der Waals surface area contributed by atoms with Crippen LogP contribution < -0.4 is 14.8 Å². The van der Waals surface area contributed by atoms with Crippen LogP contribution in [0.2, 0.25) is 0 Å². The lowest BCUT2D eigenvalue weighted by Crippen LogP contribution is -2.32. The van der Waals surface area contributed by atoms with E-state index in [1.165, 1.54) is 12.1 Å². The van der Waals surface area contributed by atoms with Gasteiger partial charge in [0.1, 0.15) is 5.75 Å². The van der Waals surface area contributed by atoms with Crippen LogP contribution in [0.5, 0.6) is 5.75 Å². The average molecular weight is 489 g/mol. The third-order valence-electron chi connectivity index (χ3n) is 5.72. The van der Waals surface area contributed by atoms with Crippen molar-refractivity contribution >= 4 is 38.1 Å². The number of hydrogen-bond donors (Lipinski definition) is 2. The fourth-order valence-electron chi connectivity index (χ4n) is 3.80. The Morgan fingerprint density at radius 2 is 1.60 bits per heavy atom. The number of nitrogens with one attached hydrogen (secondary N) is 2. The zero-order valence-electron chi connectivity index (χ0n) is 19.9. The first-order valence-corrected chi connectivity index (χ1v) is 12.9. The molecule has 0 aliphatic heterocycles. The van der Waals surface area contributed by atoms with Crippen LogP contribution in [0.3, 0.4) is 0 Å². The highest BCUT2D eigenvalue weighted by molar-refractivity contribution is 7.92. The normalized spacial score (nSPS) is 12.2. The van der Waals surface area contributed by atoms with Crippen LogP contribution in [0.15, 0.2) is 89.8 Å². The van der Waals surface area contributed by atoms with E-state index in [2.05, 4.69) is 10.0 Å². The Bertz CT molecular complexity index is 1460. The molecule has 0 aliphatic rings. The predicted molar refractivity (Wildman–Crippen MR) is 140 cm³/mol. The minimum atomic E-state index is -3.76. The highest BCUT2D eigenvalue weighted by Crippen LogP contribution is 2.24. The molecule has 0 bridgehead atoms. The molecular weight excluding hydrogens is 460 g/mol. The number of anilines is 2. The van der Waals surface area contributed by atoms with Gasteiger partial charge in [0.2, 0.25) is 0 Å². The molecule has 4 aromatic carbocycles. The van der Waals surface area contributed by atoms with E-state index < -0.39 is 16.1 Å². The van der Waals surface area contributed by atoms with Crippen molar-refractivity contribution in [3.63, 3.8) is 0 Å². The summed E-state index contributed by atoms with van der Waals surface area (Å²) in [4.78, 5) is 12.9. The summed E-state index contributed by atoms with van der Waals surface area (Å²) in [6.45, 7) is 5.68. The van der Waals surface area contributed by atoms with E-state index in [9.17, 15) is 13.2 Å². The maximum atomic E-state index is 12.8. The summed E-state index contributed by atoms with van der Waals surface area (Å²) < 4.78 is 34.2. The number of aryl methyl sites for hydroxylation is 2. The second kappa shape index (κ2) is 10.2. The zero-order chi connectivity index (χ0) is 25.0. The van der Waals surface area contributed by atoms with Crippen molar-refractivity contribution in [1.82, 2.24) is 0 Å².